The van der Waals surface area contributed by atoms with Gasteiger partial charge in [-0.05, 0) is 36.3 Å². The Bertz CT molecular complexity index is 1090. The average Bonchev–Trinajstić information content (AvgIpc) is 3.12. The Morgan fingerprint density at radius 2 is 1.97 bits per heavy atom. The molecule has 0 saturated carbocycles. The monoisotopic (exact) mass is 423 g/mol. The third kappa shape index (κ3) is 3.98. The average molecular weight is 424 g/mol. The summed E-state index contributed by atoms with van der Waals surface area (Å²) in [5.74, 6) is 3.27. The predicted octanol–water partition coefficient (Wildman–Crippen LogP) is 4.30. The molecule has 1 fully saturated rings. The highest BCUT2D eigenvalue weighted by atomic mass is 16.5. The third-order valence-corrected chi connectivity index (χ3v) is 6.22. The van der Waals surface area contributed by atoms with Crippen molar-refractivity contribution in [3.8, 4) is 17.0 Å². The van der Waals surface area contributed by atoms with Gasteiger partial charge in [0, 0.05) is 31.3 Å². The van der Waals surface area contributed by atoms with Crippen molar-refractivity contribution >= 4 is 28.5 Å². The van der Waals surface area contributed by atoms with Crippen molar-refractivity contribution in [2.24, 2.45) is 11.3 Å². The van der Waals surface area contributed by atoms with Gasteiger partial charge in [0.25, 0.3) is 0 Å². The lowest BCUT2D eigenvalue weighted by Crippen LogP contribution is -2.50. The second kappa shape index (κ2) is 7.90. The first kappa shape index (κ1) is 21.2. The van der Waals surface area contributed by atoms with E-state index in [4.69, 9.17) is 20.4 Å². The second-order valence-corrected chi connectivity index (χ2v) is 9.61. The molecule has 2 atom stereocenters. The van der Waals surface area contributed by atoms with Crippen LogP contribution in [-0.2, 0) is 0 Å². The number of methoxy groups -OCH3 is 1. The molecule has 8 heteroatoms. The van der Waals surface area contributed by atoms with Crippen molar-refractivity contribution in [2.45, 2.75) is 46.6 Å². The number of nitrogens with one attached hydrogen (secondary N) is 2. The Labute approximate surface area is 183 Å². The van der Waals surface area contributed by atoms with Crippen LogP contribution in [0, 0.1) is 11.3 Å². The number of piperidine rings is 1. The van der Waals surface area contributed by atoms with Crippen LogP contribution in [0.1, 0.15) is 40.5 Å². The number of ether oxygens (including phenoxy) is 1. The normalized spacial score (nSPS) is 19.6. The number of nitrogen functional groups attached to an aromatic ring is 1. The molecule has 4 N–H and O–H groups in total. The van der Waals surface area contributed by atoms with E-state index >= 15 is 0 Å². The van der Waals surface area contributed by atoms with Gasteiger partial charge >= 0.3 is 0 Å². The maximum Gasteiger partial charge on any atom is 0.224 e. The van der Waals surface area contributed by atoms with Crippen LogP contribution in [0.25, 0.3) is 22.2 Å². The van der Waals surface area contributed by atoms with Gasteiger partial charge in [-0.15, -0.1) is 0 Å². The summed E-state index contributed by atoms with van der Waals surface area (Å²) >= 11 is 0. The molecule has 0 aliphatic carbocycles. The third-order valence-electron chi connectivity index (χ3n) is 6.22. The molecule has 1 aliphatic heterocycles. The number of benzene rings is 1. The topological polar surface area (TPSA) is 105 Å². The van der Waals surface area contributed by atoms with Crippen molar-refractivity contribution in [2.75, 3.05) is 36.7 Å². The van der Waals surface area contributed by atoms with E-state index in [1.165, 1.54) is 6.42 Å². The zero-order chi connectivity index (χ0) is 22.3. The van der Waals surface area contributed by atoms with Gasteiger partial charge in [-0.25, -0.2) is 4.98 Å². The van der Waals surface area contributed by atoms with Crippen LogP contribution < -0.4 is 20.7 Å². The number of aromatic nitrogens is 4. The fourth-order valence-corrected chi connectivity index (χ4v) is 4.60. The quantitative estimate of drug-likeness (QED) is 0.574. The minimum Gasteiger partial charge on any atom is -0.496 e. The Morgan fingerprint density at radius 3 is 2.65 bits per heavy atom. The lowest BCUT2D eigenvalue weighted by Gasteiger charge is -2.46. The molecule has 0 amide bonds. The zero-order valence-electron chi connectivity index (χ0n) is 19.3. The van der Waals surface area contributed by atoms with Gasteiger partial charge < -0.3 is 20.7 Å². The number of fused-ring (bicyclic) bond motifs is 1. The van der Waals surface area contributed by atoms with Crippen LogP contribution in [0.2, 0.25) is 0 Å². The number of H-pyrrole nitrogens is 1. The van der Waals surface area contributed by atoms with Gasteiger partial charge in [0.05, 0.1) is 23.7 Å². The van der Waals surface area contributed by atoms with E-state index in [-0.39, 0.29) is 5.41 Å². The number of rotatable bonds is 4. The molecule has 1 unspecified atom stereocenters. The van der Waals surface area contributed by atoms with Crippen molar-refractivity contribution in [1.82, 2.24) is 20.2 Å². The summed E-state index contributed by atoms with van der Waals surface area (Å²) in [6, 6.07) is 6.46. The highest BCUT2D eigenvalue weighted by Gasteiger charge is 2.35. The molecule has 166 valence electrons. The first-order valence-electron chi connectivity index (χ1n) is 10.9. The van der Waals surface area contributed by atoms with Gasteiger partial charge in [-0.3, -0.25) is 5.10 Å². The number of nitrogens with zero attached hydrogens (tertiary/aromatic N) is 4. The van der Waals surface area contributed by atoms with Gasteiger partial charge in [0.2, 0.25) is 5.95 Å². The van der Waals surface area contributed by atoms with E-state index in [9.17, 15) is 0 Å². The molecule has 4 rings (SSSR count). The van der Waals surface area contributed by atoms with Crippen LogP contribution in [-0.4, -0.2) is 46.9 Å². The molecule has 0 bridgehead atoms. The molecule has 0 radical (unpaired) electrons. The molecule has 0 spiro atoms. The zero-order valence-corrected chi connectivity index (χ0v) is 19.3. The maximum atomic E-state index is 6.01. The fraction of sp³-hybridized carbons (Fsp3) is 0.522. The van der Waals surface area contributed by atoms with Gasteiger partial charge in [0.15, 0.2) is 5.82 Å². The number of anilines is 3. The summed E-state index contributed by atoms with van der Waals surface area (Å²) in [4.78, 5) is 12.0. The molecule has 1 saturated heterocycles. The summed E-state index contributed by atoms with van der Waals surface area (Å²) in [6.45, 7) is 10.2. The molecule has 31 heavy (non-hydrogen) atoms. The first-order valence-corrected chi connectivity index (χ1v) is 10.9. The minimum atomic E-state index is 0.153. The van der Waals surface area contributed by atoms with Gasteiger partial charge in [-0.1, -0.05) is 27.7 Å². The lowest BCUT2D eigenvalue weighted by atomic mass is 9.78. The minimum absolute atomic E-state index is 0.153. The Morgan fingerprint density at radius 1 is 1.19 bits per heavy atom. The van der Waals surface area contributed by atoms with Crippen molar-refractivity contribution in [3.05, 3.63) is 18.2 Å². The second-order valence-electron chi connectivity index (χ2n) is 9.61. The SMILES string of the molecule is CNc1nc(-c2cc(OC)c3c(N)n[nH]c3c2)cc(N2C[C@H](C)CCC2C(C)(C)C)n1. The maximum absolute atomic E-state index is 6.01. The molecule has 3 heterocycles. The number of aromatic amines is 1. The smallest absolute Gasteiger partial charge is 0.224 e. The molecule has 1 aromatic carbocycles. The Hall–Kier alpha value is -3.03. The van der Waals surface area contributed by atoms with E-state index in [1.54, 1.807) is 7.11 Å². The van der Waals surface area contributed by atoms with E-state index in [0.717, 1.165) is 40.9 Å². The van der Waals surface area contributed by atoms with Crippen LogP contribution in [0.3, 0.4) is 0 Å². The fourth-order valence-electron chi connectivity index (χ4n) is 4.60. The van der Waals surface area contributed by atoms with E-state index in [2.05, 4.69) is 54.2 Å². The number of nitrogens with two attached hydrogens (primary N) is 1. The standard InChI is InChI=1S/C23H33N7O/c1-13-7-8-18(23(2,3)4)30(12-13)19-11-15(26-22(25-5)27-19)14-9-16-20(17(10-14)31-6)21(24)29-28-16/h9-11,13,18H,7-8,12H2,1-6H3,(H3,24,28,29)(H,25,26,27)/t13-,18?/m1/s1. The van der Waals surface area contributed by atoms with E-state index in [1.807, 2.05) is 19.2 Å². The Balaban J connectivity index is 1.84. The summed E-state index contributed by atoms with van der Waals surface area (Å²) in [7, 11) is 3.49. The summed E-state index contributed by atoms with van der Waals surface area (Å²) in [6.07, 6.45) is 2.40. The van der Waals surface area contributed by atoms with Crippen LogP contribution in [0.15, 0.2) is 18.2 Å². The van der Waals surface area contributed by atoms with Crippen molar-refractivity contribution < 1.29 is 4.74 Å². The molecule has 3 aromatic rings. The molecule has 1 aliphatic rings. The largest absolute Gasteiger partial charge is 0.496 e. The summed E-state index contributed by atoms with van der Waals surface area (Å²) < 4.78 is 5.60. The summed E-state index contributed by atoms with van der Waals surface area (Å²) in [5.41, 5.74) is 8.73. The van der Waals surface area contributed by atoms with Crippen LogP contribution >= 0.6 is 0 Å². The molecule has 8 nitrogen and oxygen atoms in total. The number of hydrogen-bond donors (Lipinski definition) is 3. The first-order chi connectivity index (χ1) is 14.7. The van der Waals surface area contributed by atoms with Gasteiger partial charge in [-0.2, -0.15) is 10.1 Å². The lowest BCUT2D eigenvalue weighted by molar-refractivity contribution is 0.235. The molecular formula is C23H33N7O. The number of hydrogen-bond acceptors (Lipinski definition) is 7. The van der Waals surface area contributed by atoms with Crippen molar-refractivity contribution in [1.29, 1.82) is 0 Å². The van der Waals surface area contributed by atoms with Crippen LogP contribution in [0.5, 0.6) is 5.75 Å². The van der Waals surface area contributed by atoms with Gasteiger partial charge in [0.1, 0.15) is 11.6 Å². The highest BCUT2D eigenvalue weighted by molar-refractivity contribution is 5.97. The Kier molecular flexibility index (Phi) is 5.41. The highest BCUT2D eigenvalue weighted by Crippen LogP contribution is 2.39. The molecular weight excluding hydrogens is 390 g/mol. The summed E-state index contributed by atoms with van der Waals surface area (Å²) in [5, 5.41) is 11.0. The molecule has 2 aromatic heterocycles. The predicted molar refractivity (Wildman–Crippen MR) is 127 cm³/mol. The van der Waals surface area contributed by atoms with E-state index < -0.39 is 0 Å². The van der Waals surface area contributed by atoms with Crippen LogP contribution in [0.4, 0.5) is 17.6 Å². The van der Waals surface area contributed by atoms with Crippen molar-refractivity contribution in [3.63, 3.8) is 0 Å². The van der Waals surface area contributed by atoms with E-state index in [0.29, 0.717) is 29.5 Å².